The van der Waals surface area contributed by atoms with E-state index in [1.807, 2.05) is 109 Å². The van der Waals surface area contributed by atoms with E-state index >= 15 is 0 Å². The van der Waals surface area contributed by atoms with Crippen LogP contribution in [0.1, 0.15) is 0 Å². The Bertz CT molecular complexity index is 1210. The van der Waals surface area contributed by atoms with E-state index in [1.54, 1.807) is 0 Å². The Balaban J connectivity index is 1.67. The topological polar surface area (TPSA) is 51.6 Å². The molecule has 4 nitrogen and oxygen atoms in total. The molecule has 0 saturated heterocycles. The molecule has 5 rings (SSSR count). The fourth-order valence-corrected chi connectivity index (χ4v) is 3.25. The Hall–Kier alpha value is -4.18. The zero-order chi connectivity index (χ0) is 20.2. The van der Waals surface area contributed by atoms with E-state index in [2.05, 4.69) is 0 Å². The van der Waals surface area contributed by atoms with E-state index in [0.29, 0.717) is 23.2 Å². The third-order valence-electron chi connectivity index (χ3n) is 4.75. The molecule has 0 saturated carbocycles. The van der Waals surface area contributed by atoms with Crippen molar-refractivity contribution in [1.82, 2.24) is 19.9 Å². The number of nitrogens with zero attached hydrogens (tertiary/aromatic N) is 4. The van der Waals surface area contributed by atoms with Crippen LogP contribution in [0.5, 0.6) is 0 Å². The predicted octanol–water partition coefficient (Wildman–Crippen LogP) is 5.93. The smallest absolute Gasteiger partial charge is 0.182 e. The van der Waals surface area contributed by atoms with Gasteiger partial charge in [0, 0.05) is 16.7 Å². The molecule has 0 aliphatic heterocycles. The first-order chi connectivity index (χ1) is 14.9. The van der Waals surface area contributed by atoms with Gasteiger partial charge in [0.25, 0.3) is 0 Å². The third-order valence-corrected chi connectivity index (χ3v) is 4.75. The average Bonchev–Trinajstić information content (AvgIpc) is 2.85. The fourth-order valence-electron chi connectivity index (χ4n) is 3.25. The second-order valence-electron chi connectivity index (χ2n) is 6.81. The minimum Gasteiger partial charge on any atom is -0.244 e. The molecule has 0 spiro atoms. The fraction of sp³-hybridized carbons (Fsp3) is 0. The lowest BCUT2D eigenvalue weighted by Crippen LogP contribution is -2.01. The molecule has 2 aromatic heterocycles. The zero-order valence-corrected chi connectivity index (χ0v) is 16.2. The van der Waals surface area contributed by atoms with E-state index in [-0.39, 0.29) is 0 Å². The number of benzene rings is 3. The number of rotatable bonds is 4. The van der Waals surface area contributed by atoms with Crippen LogP contribution in [-0.4, -0.2) is 19.9 Å². The molecule has 3 aromatic carbocycles. The minimum atomic E-state index is 0.556. The van der Waals surface area contributed by atoms with Crippen LogP contribution in [0.15, 0.2) is 109 Å². The Morgan fingerprint density at radius 2 is 0.733 bits per heavy atom. The largest absolute Gasteiger partial charge is 0.244 e. The van der Waals surface area contributed by atoms with Crippen molar-refractivity contribution in [3.05, 3.63) is 109 Å². The summed E-state index contributed by atoms with van der Waals surface area (Å²) < 4.78 is 0. The van der Waals surface area contributed by atoms with Crippen LogP contribution in [0, 0.1) is 0 Å². The predicted molar refractivity (Wildman–Crippen MR) is 119 cm³/mol. The van der Waals surface area contributed by atoms with Gasteiger partial charge in [-0.2, -0.15) is 0 Å². The van der Waals surface area contributed by atoms with Crippen LogP contribution in [0.4, 0.5) is 0 Å². The summed E-state index contributed by atoms with van der Waals surface area (Å²) in [5.41, 5.74) is 4.54. The van der Waals surface area contributed by atoms with Crippen molar-refractivity contribution in [2.24, 2.45) is 0 Å². The van der Waals surface area contributed by atoms with Crippen molar-refractivity contribution < 1.29 is 0 Å². The van der Waals surface area contributed by atoms with Crippen molar-refractivity contribution in [1.29, 1.82) is 0 Å². The molecule has 2 heterocycles. The van der Waals surface area contributed by atoms with Gasteiger partial charge in [-0.15, -0.1) is 0 Å². The quantitative estimate of drug-likeness (QED) is 0.384. The molecule has 0 amide bonds. The van der Waals surface area contributed by atoms with Crippen LogP contribution in [0.2, 0.25) is 0 Å². The average molecular weight is 386 g/mol. The van der Waals surface area contributed by atoms with Crippen LogP contribution in [-0.2, 0) is 0 Å². The summed E-state index contributed by atoms with van der Waals surface area (Å²) in [4.78, 5) is 19.1. The second-order valence-corrected chi connectivity index (χ2v) is 6.81. The summed E-state index contributed by atoms with van der Waals surface area (Å²) in [7, 11) is 0. The highest BCUT2D eigenvalue weighted by Gasteiger charge is 2.13. The highest BCUT2D eigenvalue weighted by molar-refractivity contribution is 5.67. The lowest BCUT2D eigenvalue weighted by Gasteiger charge is -2.09. The molecule has 0 N–H and O–H groups in total. The number of hydrogen-bond donors (Lipinski definition) is 0. The maximum Gasteiger partial charge on any atom is 0.182 e. The van der Waals surface area contributed by atoms with Gasteiger partial charge >= 0.3 is 0 Å². The van der Waals surface area contributed by atoms with Gasteiger partial charge in [0.2, 0.25) is 0 Å². The van der Waals surface area contributed by atoms with Crippen molar-refractivity contribution in [2.75, 3.05) is 0 Å². The van der Waals surface area contributed by atoms with Crippen LogP contribution in [0.3, 0.4) is 0 Å². The van der Waals surface area contributed by atoms with Gasteiger partial charge in [0.05, 0.1) is 5.69 Å². The summed E-state index contributed by atoms with van der Waals surface area (Å²) in [6, 6.07) is 35.9. The van der Waals surface area contributed by atoms with Gasteiger partial charge in [-0.05, 0) is 12.1 Å². The van der Waals surface area contributed by atoms with E-state index in [1.165, 1.54) is 0 Å². The van der Waals surface area contributed by atoms with Crippen LogP contribution >= 0.6 is 0 Å². The highest BCUT2D eigenvalue weighted by atomic mass is 15.0. The maximum absolute atomic E-state index is 4.83. The Kier molecular flexibility index (Phi) is 4.80. The van der Waals surface area contributed by atoms with Gasteiger partial charge < -0.3 is 0 Å². The molecule has 0 unspecified atom stereocenters. The minimum absolute atomic E-state index is 0.556. The van der Waals surface area contributed by atoms with E-state index in [9.17, 15) is 0 Å². The highest BCUT2D eigenvalue weighted by Crippen LogP contribution is 2.25. The molecule has 142 valence electrons. The number of pyridine rings is 1. The molecule has 0 bridgehead atoms. The normalized spacial score (nSPS) is 10.7. The summed E-state index contributed by atoms with van der Waals surface area (Å²) in [6.45, 7) is 0. The molecule has 4 heteroatoms. The Labute approximate surface area is 175 Å². The second kappa shape index (κ2) is 8.05. The summed E-state index contributed by atoms with van der Waals surface area (Å²) in [5.74, 6) is 1.82. The van der Waals surface area contributed by atoms with E-state index < -0.39 is 0 Å². The summed E-state index contributed by atoms with van der Waals surface area (Å²) in [5, 5.41) is 0. The van der Waals surface area contributed by atoms with Crippen LogP contribution in [0.25, 0.3) is 45.6 Å². The van der Waals surface area contributed by atoms with E-state index in [4.69, 9.17) is 19.9 Å². The Morgan fingerprint density at radius 3 is 1.27 bits per heavy atom. The molecule has 0 radical (unpaired) electrons. The first-order valence-electron chi connectivity index (χ1n) is 9.76. The number of hydrogen-bond acceptors (Lipinski definition) is 4. The van der Waals surface area contributed by atoms with Gasteiger partial charge in [-0.3, -0.25) is 0 Å². The standard InChI is InChI=1S/C26H18N4/c1-4-11-19(12-5-1)22-17-10-18-23(27-22)26-29-24(20-13-6-2-7-14-20)28-25(30-26)21-15-8-3-9-16-21/h1-18H. The summed E-state index contributed by atoms with van der Waals surface area (Å²) >= 11 is 0. The third kappa shape index (κ3) is 3.71. The van der Waals surface area contributed by atoms with Gasteiger partial charge in [-0.1, -0.05) is 97.1 Å². The number of aromatic nitrogens is 4. The van der Waals surface area contributed by atoms with Crippen molar-refractivity contribution >= 4 is 0 Å². The van der Waals surface area contributed by atoms with Crippen molar-refractivity contribution in [3.63, 3.8) is 0 Å². The first kappa shape index (κ1) is 17.9. The lowest BCUT2D eigenvalue weighted by molar-refractivity contribution is 1.06. The maximum atomic E-state index is 4.83. The SMILES string of the molecule is c1ccc(-c2cccc(-c3nc(-c4ccccc4)nc(-c4ccccc4)n3)n2)cc1. The zero-order valence-electron chi connectivity index (χ0n) is 16.2. The first-order valence-corrected chi connectivity index (χ1v) is 9.76. The molecule has 0 atom stereocenters. The lowest BCUT2D eigenvalue weighted by atomic mass is 10.1. The molecule has 0 aliphatic rings. The molecular formula is C26H18N4. The molecule has 30 heavy (non-hydrogen) atoms. The Morgan fingerprint density at radius 1 is 0.300 bits per heavy atom. The summed E-state index contributed by atoms with van der Waals surface area (Å²) in [6.07, 6.45) is 0. The molecule has 0 fully saturated rings. The van der Waals surface area contributed by atoms with E-state index in [0.717, 1.165) is 22.4 Å². The van der Waals surface area contributed by atoms with Gasteiger partial charge in [0.1, 0.15) is 5.69 Å². The van der Waals surface area contributed by atoms with Crippen molar-refractivity contribution in [2.45, 2.75) is 0 Å². The molecule has 0 aliphatic carbocycles. The van der Waals surface area contributed by atoms with Crippen molar-refractivity contribution in [3.8, 4) is 45.6 Å². The molecule has 5 aromatic rings. The van der Waals surface area contributed by atoms with Crippen LogP contribution < -0.4 is 0 Å². The van der Waals surface area contributed by atoms with Gasteiger partial charge in [0.15, 0.2) is 17.5 Å². The monoisotopic (exact) mass is 386 g/mol. The van der Waals surface area contributed by atoms with Gasteiger partial charge in [-0.25, -0.2) is 19.9 Å². The molecular weight excluding hydrogens is 368 g/mol.